The Labute approximate surface area is 123 Å². The Bertz CT molecular complexity index is 525. The molecule has 0 bridgehead atoms. The molecule has 2 fully saturated rings. The summed E-state index contributed by atoms with van der Waals surface area (Å²) in [5.74, 6) is 0.939. The van der Waals surface area contributed by atoms with Crippen molar-refractivity contribution in [3.63, 3.8) is 0 Å². The monoisotopic (exact) mass is 291 g/mol. The predicted octanol–water partition coefficient (Wildman–Crippen LogP) is -0.485. The second kappa shape index (κ2) is 5.95. The zero-order valence-electron chi connectivity index (χ0n) is 12.3. The van der Waals surface area contributed by atoms with Gasteiger partial charge in [0.2, 0.25) is 11.8 Å². The fourth-order valence-corrected chi connectivity index (χ4v) is 3.07. The maximum Gasteiger partial charge on any atom is 0.229 e. The molecule has 3 heterocycles. The highest BCUT2D eigenvalue weighted by atomic mass is 16.2. The van der Waals surface area contributed by atoms with Crippen LogP contribution in [0.2, 0.25) is 0 Å². The first-order chi connectivity index (χ1) is 10.2. The van der Waals surface area contributed by atoms with Crippen LogP contribution in [-0.4, -0.2) is 63.9 Å². The third-order valence-corrected chi connectivity index (χ3v) is 4.28. The van der Waals surface area contributed by atoms with Crippen LogP contribution in [0.1, 0.15) is 24.7 Å². The average Bonchev–Trinajstić information content (AvgIpc) is 3.04. The molecular formula is C14H21N5O2. The number of aromatic nitrogens is 2. The molecule has 2 amide bonds. The molecule has 0 radical (unpaired) electrons. The molecule has 7 heteroatoms. The summed E-state index contributed by atoms with van der Waals surface area (Å²) in [5.41, 5.74) is 0. The molecule has 1 N–H and O–H groups in total. The van der Waals surface area contributed by atoms with Crippen molar-refractivity contribution < 1.29 is 9.59 Å². The van der Waals surface area contributed by atoms with Crippen molar-refractivity contribution in [3.8, 4) is 0 Å². The normalized spacial score (nSPS) is 24.0. The first kappa shape index (κ1) is 14.2. The van der Waals surface area contributed by atoms with Crippen molar-refractivity contribution in [2.45, 2.75) is 18.9 Å². The Hall–Kier alpha value is -1.73. The molecule has 1 aromatic heterocycles. The van der Waals surface area contributed by atoms with Gasteiger partial charge in [-0.05, 0) is 0 Å². The molecule has 0 spiro atoms. The van der Waals surface area contributed by atoms with Crippen LogP contribution >= 0.6 is 0 Å². The lowest BCUT2D eigenvalue weighted by molar-refractivity contribution is -0.138. The third kappa shape index (κ3) is 2.84. The summed E-state index contributed by atoms with van der Waals surface area (Å²) < 4.78 is 2.02. The van der Waals surface area contributed by atoms with Crippen molar-refractivity contribution >= 4 is 11.8 Å². The van der Waals surface area contributed by atoms with Gasteiger partial charge in [-0.15, -0.1) is 0 Å². The zero-order chi connectivity index (χ0) is 14.8. The number of piperazine rings is 1. The van der Waals surface area contributed by atoms with Gasteiger partial charge in [0.25, 0.3) is 0 Å². The molecule has 21 heavy (non-hydrogen) atoms. The number of hydrogen-bond donors (Lipinski definition) is 1. The molecule has 0 saturated carbocycles. The van der Waals surface area contributed by atoms with E-state index in [4.69, 9.17) is 0 Å². The SMILES string of the molecule is Cn1ccnc1C1CNCCN1CCN1C(=O)CCC1=O. The van der Waals surface area contributed by atoms with E-state index in [-0.39, 0.29) is 17.9 Å². The van der Waals surface area contributed by atoms with E-state index >= 15 is 0 Å². The molecule has 1 unspecified atom stereocenters. The van der Waals surface area contributed by atoms with Crippen LogP contribution < -0.4 is 5.32 Å². The minimum Gasteiger partial charge on any atom is -0.337 e. The number of aryl methyl sites for hydroxylation is 1. The van der Waals surface area contributed by atoms with Gasteiger partial charge in [0.15, 0.2) is 0 Å². The zero-order valence-corrected chi connectivity index (χ0v) is 12.3. The standard InChI is InChI=1S/C14H21N5O2/c1-17-6-5-16-14(17)11-10-15-4-7-18(11)8-9-19-12(20)2-3-13(19)21/h5-6,11,15H,2-4,7-10H2,1H3. The van der Waals surface area contributed by atoms with Crippen LogP contribution in [0.25, 0.3) is 0 Å². The van der Waals surface area contributed by atoms with E-state index in [9.17, 15) is 9.59 Å². The van der Waals surface area contributed by atoms with Crippen LogP contribution in [0.3, 0.4) is 0 Å². The molecule has 0 aliphatic carbocycles. The van der Waals surface area contributed by atoms with Gasteiger partial charge in [0.1, 0.15) is 5.82 Å². The largest absolute Gasteiger partial charge is 0.337 e. The maximum absolute atomic E-state index is 11.7. The summed E-state index contributed by atoms with van der Waals surface area (Å²) in [5, 5.41) is 3.38. The van der Waals surface area contributed by atoms with E-state index in [1.54, 1.807) is 6.20 Å². The van der Waals surface area contributed by atoms with Gasteiger partial charge in [-0.25, -0.2) is 4.98 Å². The van der Waals surface area contributed by atoms with Gasteiger partial charge in [0, 0.05) is 65.0 Å². The van der Waals surface area contributed by atoms with Crippen molar-refractivity contribution in [1.82, 2.24) is 24.7 Å². The maximum atomic E-state index is 11.7. The highest BCUT2D eigenvalue weighted by molar-refractivity contribution is 6.01. The summed E-state index contributed by atoms with van der Waals surface area (Å²) in [7, 11) is 1.99. The highest BCUT2D eigenvalue weighted by Crippen LogP contribution is 2.20. The summed E-state index contributed by atoms with van der Waals surface area (Å²) in [4.78, 5) is 31.5. The molecule has 2 aliphatic heterocycles. The summed E-state index contributed by atoms with van der Waals surface area (Å²) in [6, 6.07) is 0.187. The number of rotatable bonds is 4. The van der Waals surface area contributed by atoms with Gasteiger partial charge in [-0.3, -0.25) is 19.4 Å². The number of nitrogens with zero attached hydrogens (tertiary/aromatic N) is 4. The molecule has 1 atom stereocenters. The quantitative estimate of drug-likeness (QED) is 0.759. The Kier molecular flexibility index (Phi) is 4.03. The minimum atomic E-state index is -0.0383. The molecule has 3 rings (SSSR count). The van der Waals surface area contributed by atoms with E-state index in [0.29, 0.717) is 25.9 Å². The van der Waals surface area contributed by atoms with Crippen molar-refractivity contribution in [3.05, 3.63) is 18.2 Å². The molecule has 7 nitrogen and oxygen atoms in total. The Morgan fingerprint density at radius 1 is 1.29 bits per heavy atom. The van der Waals surface area contributed by atoms with Gasteiger partial charge in [-0.2, -0.15) is 0 Å². The van der Waals surface area contributed by atoms with Crippen molar-refractivity contribution in [2.24, 2.45) is 7.05 Å². The van der Waals surface area contributed by atoms with Crippen molar-refractivity contribution in [2.75, 3.05) is 32.7 Å². The Morgan fingerprint density at radius 2 is 2.05 bits per heavy atom. The fraction of sp³-hybridized carbons (Fsp3) is 0.643. The number of amides is 2. The lowest BCUT2D eigenvalue weighted by atomic mass is 10.1. The third-order valence-electron chi connectivity index (χ3n) is 4.28. The Balaban J connectivity index is 1.66. The van der Waals surface area contributed by atoms with Crippen LogP contribution in [-0.2, 0) is 16.6 Å². The van der Waals surface area contributed by atoms with E-state index in [0.717, 1.165) is 25.5 Å². The van der Waals surface area contributed by atoms with Crippen LogP contribution in [0.4, 0.5) is 0 Å². The van der Waals surface area contributed by atoms with E-state index < -0.39 is 0 Å². The smallest absolute Gasteiger partial charge is 0.229 e. The molecule has 0 aromatic carbocycles. The van der Waals surface area contributed by atoms with E-state index in [1.807, 2.05) is 17.8 Å². The number of likely N-dealkylation sites (tertiary alicyclic amines) is 1. The molecule has 2 saturated heterocycles. The number of nitrogens with one attached hydrogen (secondary N) is 1. The second-order valence-electron chi connectivity index (χ2n) is 5.59. The predicted molar refractivity (Wildman–Crippen MR) is 76.3 cm³/mol. The van der Waals surface area contributed by atoms with Crippen LogP contribution in [0.15, 0.2) is 12.4 Å². The second-order valence-corrected chi connectivity index (χ2v) is 5.59. The lowest BCUT2D eigenvalue weighted by Crippen LogP contribution is -2.49. The molecule has 1 aromatic rings. The highest BCUT2D eigenvalue weighted by Gasteiger charge is 2.31. The van der Waals surface area contributed by atoms with E-state index in [1.165, 1.54) is 4.90 Å². The number of carbonyl (C=O) groups is 2. The van der Waals surface area contributed by atoms with E-state index in [2.05, 4.69) is 15.2 Å². The molecule has 114 valence electrons. The Morgan fingerprint density at radius 3 is 2.71 bits per heavy atom. The van der Waals surface area contributed by atoms with Gasteiger partial charge < -0.3 is 9.88 Å². The molecule has 2 aliphatic rings. The average molecular weight is 291 g/mol. The van der Waals surface area contributed by atoms with Crippen LogP contribution in [0, 0.1) is 0 Å². The van der Waals surface area contributed by atoms with Gasteiger partial charge in [-0.1, -0.05) is 0 Å². The van der Waals surface area contributed by atoms with Gasteiger partial charge in [0.05, 0.1) is 6.04 Å². The summed E-state index contributed by atoms with van der Waals surface area (Å²) >= 11 is 0. The molecular weight excluding hydrogens is 270 g/mol. The van der Waals surface area contributed by atoms with Gasteiger partial charge >= 0.3 is 0 Å². The lowest BCUT2D eigenvalue weighted by Gasteiger charge is -2.36. The minimum absolute atomic E-state index is 0.0383. The van der Waals surface area contributed by atoms with Crippen molar-refractivity contribution in [1.29, 1.82) is 0 Å². The first-order valence-corrected chi connectivity index (χ1v) is 7.42. The van der Waals surface area contributed by atoms with Crippen LogP contribution in [0.5, 0.6) is 0 Å². The number of hydrogen-bond acceptors (Lipinski definition) is 5. The number of carbonyl (C=O) groups excluding carboxylic acids is 2. The number of imidazole rings is 1. The number of imide groups is 1. The summed E-state index contributed by atoms with van der Waals surface area (Å²) in [6.45, 7) is 3.85. The topological polar surface area (TPSA) is 70.5 Å². The summed E-state index contributed by atoms with van der Waals surface area (Å²) in [6.07, 6.45) is 4.47. The first-order valence-electron chi connectivity index (χ1n) is 7.42. The fourth-order valence-electron chi connectivity index (χ4n) is 3.07.